The largest absolute Gasteiger partial charge is 0.388 e. The zero-order chi connectivity index (χ0) is 9.26. The van der Waals surface area contributed by atoms with E-state index < -0.39 is 6.10 Å². The molecule has 0 saturated heterocycles. The van der Waals surface area contributed by atoms with Crippen LogP contribution in [-0.4, -0.2) is 15.3 Å². The van der Waals surface area contributed by atoms with Crippen LogP contribution in [0.1, 0.15) is 37.4 Å². The summed E-state index contributed by atoms with van der Waals surface area (Å²) in [6.07, 6.45) is 5.79. The van der Waals surface area contributed by atoms with E-state index in [1.165, 1.54) is 19.3 Å². The highest BCUT2D eigenvalue weighted by atomic mass is 16.3. The number of nitrogens with two attached hydrogens (primary N) is 1. The van der Waals surface area contributed by atoms with Crippen molar-refractivity contribution in [3.8, 4) is 0 Å². The maximum Gasteiger partial charge on any atom is 0.124 e. The molecule has 0 bridgehead atoms. The van der Waals surface area contributed by atoms with E-state index in [0.717, 1.165) is 12.0 Å². The molecule has 1 aliphatic rings. The fourth-order valence-electron chi connectivity index (χ4n) is 1.74. The molecule has 1 heterocycles. The molecule has 1 aromatic heterocycles. The summed E-state index contributed by atoms with van der Waals surface area (Å²) in [5.41, 5.74) is 6.34. The van der Waals surface area contributed by atoms with Crippen molar-refractivity contribution < 1.29 is 5.11 Å². The van der Waals surface area contributed by atoms with Gasteiger partial charge in [0.25, 0.3) is 0 Å². The smallest absolute Gasteiger partial charge is 0.124 e. The average Bonchev–Trinajstić information content (AvgIpc) is 2.43. The van der Waals surface area contributed by atoms with Crippen LogP contribution in [0.5, 0.6) is 0 Å². The molecule has 1 fully saturated rings. The van der Waals surface area contributed by atoms with Gasteiger partial charge >= 0.3 is 0 Å². The molecule has 1 aromatic rings. The minimum absolute atomic E-state index is 0.441. The SMILES string of the molecule is Nc1[nH]ncc1C(O)CC1CCC1. The van der Waals surface area contributed by atoms with Crippen LogP contribution in [0.15, 0.2) is 6.20 Å². The molecule has 1 saturated carbocycles. The third kappa shape index (κ3) is 1.67. The molecule has 0 radical (unpaired) electrons. The molecule has 13 heavy (non-hydrogen) atoms. The summed E-state index contributed by atoms with van der Waals surface area (Å²) in [5, 5.41) is 16.2. The maximum atomic E-state index is 9.79. The quantitative estimate of drug-likeness (QED) is 0.656. The minimum atomic E-state index is -0.441. The van der Waals surface area contributed by atoms with Crippen molar-refractivity contribution in [2.24, 2.45) is 5.92 Å². The van der Waals surface area contributed by atoms with Crippen molar-refractivity contribution in [2.75, 3.05) is 5.73 Å². The number of aromatic nitrogens is 2. The first-order chi connectivity index (χ1) is 6.27. The average molecular weight is 181 g/mol. The number of nitrogens with zero attached hydrogens (tertiary/aromatic N) is 1. The van der Waals surface area contributed by atoms with Crippen molar-refractivity contribution in [3.63, 3.8) is 0 Å². The number of aliphatic hydroxyl groups is 1. The van der Waals surface area contributed by atoms with Crippen molar-refractivity contribution in [2.45, 2.75) is 31.8 Å². The Hall–Kier alpha value is -1.03. The summed E-state index contributed by atoms with van der Waals surface area (Å²) in [6.45, 7) is 0. The van der Waals surface area contributed by atoms with Crippen LogP contribution >= 0.6 is 0 Å². The number of nitrogens with one attached hydrogen (secondary N) is 1. The maximum absolute atomic E-state index is 9.79. The van der Waals surface area contributed by atoms with Crippen LogP contribution in [0.2, 0.25) is 0 Å². The first kappa shape index (κ1) is 8.56. The van der Waals surface area contributed by atoms with Gasteiger partial charge in [-0.1, -0.05) is 19.3 Å². The summed E-state index contributed by atoms with van der Waals surface area (Å²) < 4.78 is 0. The van der Waals surface area contributed by atoms with Gasteiger partial charge in [-0.25, -0.2) is 0 Å². The fraction of sp³-hybridized carbons (Fsp3) is 0.667. The molecule has 0 aliphatic heterocycles. The fourth-order valence-corrected chi connectivity index (χ4v) is 1.74. The first-order valence-corrected chi connectivity index (χ1v) is 4.74. The number of aromatic amines is 1. The lowest BCUT2D eigenvalue weighted by atomic mass is 9.80. The van der Waals surface area contributed by atoms with E-state index in [1.807, 2.05) is 0 Å². The Morgan fingerprint density at radius 3 is 2.92 bits per heavy atom. The standard InChI is InChI=1S/C9H15N3O/c10-9-7(5-11-12-9)8(13)4-6-2-1-3-6/h5-6,8,13H,1-4H2,(H3,10,11,12). The normalized spacial score (nSPS) is 19.8. The van der Waals surface area contributed by atoms with Gasteiger partial charge in [0.15, 0.2) is 0 Å². The van der Waals surface area contributed by atoms with Gasteiger partial charge in [0.2, 0.25) is 0 Å². The van der Waals surface area contributed by atoms with Gasteiger partial charge in [-0.2, -0.15) is 5.10 Å². The van der Waals surface area contributed by atoms with Crippen LogP contribution in [0.3, 0.4) is 0 Å². The predicted molar refractivity (Wildman–Crippen MR) is 49.9 cm³/mol. The van der Waals surface area contributed by atoms with Crippen LogP contribution in [0.4, 0.5) is 5.82 Å². The van der Waals surface area contributed by atoms with Crippen molar-refractivity contribution >= 4 is 5.82 Å². The lowest BCUT2D eigenvalue weighted by Gasteiger charge is -2.27. The minimum Gasteiger partial charge on any atom is -0.388 e. The zero-order valence-corrected chi connectivity index (χ0v) is 7.53. The third-order valence-corrected chi connectivity index (χ3v) is 2.84. The number of hydrogen-bond acceptors (Lipinski definition) is 3. The van der Waals surface area contributed by atoms with Crippen molar-refractivity contribution in [1.29, 1.82) is 0 Å². The van der Waals surface area contributed by atoms with Crippen molar-refractivity contribution in [1.82, 2.24) is 10.2 Å². The number of H-pyrrole nitrogens is 1. The number of anilines is 1. The molecule has 1 atom stereocenters. The molecule has 4 N–H and O–H groups in total. The monoisotopic (exact) mass is 181 g/mol. The highest BCUT2D eigenvalue weighted by Crippen LogP contribution is 2.35. The van der Waals surface area contributed by atoms with Gasteiger partial charge < -0.3 is 10.8 Å². The lowest BCUT2D eigenvalue weighted by Crippen LogP contribution is -2.15. The van der Waals surface area contributed by atoms with E-state index in [1.54, 1.807) is 6.20 Å². The summed E-state index contributed by atoms with van der Waals surface area (Å²) in [4.78, 5) is 0. The summed E-state index contributed by atoms with van der Waals surface area (Å²) in [7, 11) is 0. The lowest BCUT2D eigenvalue weighted by molar-refractivity contribution is 0.119. The van der Waals surface area contributed by atoms with Crippen LogP contribution in [-0.2, 0) is 0 Å². The van der Waals surface area contributed by atoms with E-state index in [4.69, 9.17) is 5.73 Å². The van der Waals surface area contributed by atoms with Crippen LogP contribution in [0.25, 0.3) is 0 Å². The second-order valence-electron chi connectivity index (χ2n) is 3.79. The molecule has 4 nitrogen and oxygen atoms in total. The number of rotatable bonds is 3. The van der Waals surface area contributed by atoms with Crippen LogP contribution < -0.4 is 5.73 Å². The van der Waals surface area contributed by atoms with Gasteiger partial charge in [0.05, 0.1) is 12.3 Å². The van der Waals surface area contributed by atoms with E-state index in [-0.39, 0.29) is 0 Å². The van der Waals surface area contributed by atoms with Gasteiger partial charge in [-0.15, -0.1) is 0 Å². The third-order valence-electron chi connectivity index (χ3n) is 2.84. The molecule has 0 spiro atoms. The molecule has 1 aliphatic carbocycles. The Bertz CT molecular complexity index is 280. The molecular weight excluding hydrogens is 166 g/mol. The van der Waals surface area contributed by atoms with E-state index >= 15 is 0 Å². The molecule has 1 unspecified atom stereocenters. The molecule has 72 valence electrons. The Morgan fingerprint density at radius 2 is 2.46 bits per heavy atom. The number of aliphatic hydroxyl groups excluding tert-OH is 1. The highest BCUT2D eigenvalue weighted by molar-refractivity contribution is 5.38. The zero-order valence-electron chi connectivity index (χ0n) is 7.53. The second kappa shape index (κ2) is 3.38. The van der Waals surface area contributed by atoms with Gasteiger partial charge in [0.1, 0.15) is 5.82 Å². The highest BCUT2D eigenvalue weighted by Gasteiger charge is 2.23. The Balaban J connectivity index is 1.96. The van der Waals surface area contributed by atoms with Crippen LogP contribution in [0, 0.1) is 5.92 Å². The predicted octanol–water partition coefficient (Wildman–Crippen LogP) is 1.22. The van der Waals surface area contributed by atoms with E-state index in [9.17, 15) is 5.11 Å². The molecular formula is C9H15N3O. The first-order valence-electron chi connectivity index (χ1n) is 4.74. The Morgan fingerprint density at radius 1 is 1.69 bits per heavy atom. The summed E-state index contributed by atoms with van der Waals surface area (Å²) in [5.74, 6) is 1.18. The molecule has 0 aromatic carbocycles. The van der Waals surface area contributed by atoms with Gasteiger partial charge in [0, 0.05) is 5.56 Å². The second-order valence-corrected chi connectivity index (χ2v) is 3.79. The van der Waals surface area contributed by atoms with Gasteiger partial charge in [-0.05, 0) is 12.3 Å². The van der Waals surface area contributed by atoms with Gasteiger partial charge in [-0.3, -0.25) is 5.10 Å². The summed E-state index contributed by atoms with van der Waals surface area (Å²) >= 11 is 0. The molecule has 0 amide bonds. The molecule has 2 rings (SSSR count). The Labute approximate surface area is 77.1 Å². The summed E-state index contributed by atoms with van der Waals surface area (Å²) in [6, 6.07) is 0. The Kier molecular flexibility index (Phi) is 2.22. The number of nitrogen functional groups attached to an aromatic ring is 1. The van der Waals surface area contributed by atoms with E-state index in [0.29, 0.717) is 11.7 Å². The number of hydrogen-bond donors (Lipinski definition) is 3. The van der Waals surface area contributed by atoms with E-state index in [2.05, 4.69) is 10.2 Å². The topological polar surface area (TPSA) is 74.9 Å². The van der Waals surface area contributed by atoms with Crippen molar-refractivity contribution in [3.05, 3.63) is 11.8 Å². The molecule has 4 heteroatoms.